The van der Waals surface area contributed by atoms with E-state index >= 15 is 0 Å². The van der Waals surface area contributed by atoms with E-state index < -0.39 is 23.5 Å². The van der Waals surface area contributed by atoms with Crippen LogP contribution in [-0.4, -0.2) is 43.7 Å². The number of halogens is 1. The van der Waals surface area contributed by atoms with Gasteiger partial charge in [0, 0.05) is 23.0 Å². The Morgan fingerprint density at radius 3 is 2.97 bits per heavy atom. The third-order valence-electron chi connectivity index (χ3n) is 5.49. The Bertz CT molecular complexity index is 1190. The van der Waals surface area contributed by atoms with E-state index in [0.29, 0.717) is 41.1 Å². The highest BCUT2D eigenvalue weighted by Crippen LogP contribution is 2.35. The fourth-order valence-electron chi connectivity index (χ4n) is 3.91. The van der Waals surface area contributed by atoms with Gasteiger partial charge < -0.3 is 10.1 Å². The average Bonchev–Trinajstić information content (AvgIpc) is 3.29. The first-order chi connectivity index (χ1) is 14.3. The largest absolute Gasteiger partial charge is 0.447 e. The number of ether oxygens (including phenoxy) is 1. The summed E-state index contributed by atoms with van der Waals surface area (Å²) in [4.78, 5) is 35.7. The molecular formula is C20H19FN6O3. The Balaban J connectivity index is 1.73. The summed E-state index contributed by atoms with van der Waals surface area (Å²) in [6.07, 6.45) is 4.67. The highest BCUT2D eigenvalue weighted by molar-refractivity contribution is 6.00. The first-order valence-corrected chi connectivity index (χ1v) is 9.60. The molecule has 0 aliphatic carbocycles. The molecule has 154 valence electrons. The lowest BCUT2D eigenvalue weighted by Crippen LogP contribution is -2.43. The second-order valence-electron chi connectivity index (χ2n) is 8.10. The molecule has 5 rings (SSSR count). The number of rotatable bonds is 0. The van der Waals surface area contributed by atoms with Gasteiger partial charge in [0.25, 0.3) is 5.91 Å². The van der Waals surface area contributed by atoms with E-state index in [1.54, 1.807) is 12.3 Å². The Labute approximate surface area is 170 Å². The van der Waals surface area contributed by atoms with Gasteiger partial charge in [-0.25, -0.2) is 18.7 Å². The molecule has 2 aliphatic heterocycles. The number of nitrogens with one attached hydrogen (secondary N) is 1. The number of carbonyl (C=O) groups excluding carboxylic acids is 2. The molecule has 5 heterocycles. The van der Waals surface area contributed by atoms with Crippen LogP contribution in [0.3, 0.4) is 0 Å². The number of aryl methyl sites for hydroxylation is 1. The van der Waals surface area contributed by atoms with E-state index in [-0.39, 0.29) is 12.5 Å². The van der Waals surface area contributed by atoms with Crippen molar-refractivity contribution in [2.75, 3.05) is 11.5 Å². The average molecular weight is 410 g/mol. The number of fused-ring (bicyclic) bond motifs is 5. The molecule has 1 atom stereocenters. The smallest absolute Gasteiger partial charge is 0.416 e. The summed E-state index contributed by atoms with van der Waals surface area (Å²) in [5, 5.41) is 7.19. The SMILES string of the molecule is CC1(C)CCc2ncc(F)cc2[C@H]2COC(=O)N2c2ccn3ncc(c3n2)C(=O)N1. The Hall–Kier alpha value is -3.56. The maximum atomic E-state index is 14.1. The van der Waals surface area contributed by atoms with E-state index in [0.717, 1.165) is 6.20 Å². The molecule has 3 aromatic heterocycles. The summed E-state index contributed by atoms with van der Waals surface area (Å²) in [5.41, 5.74) is 1.27. The zero-order chi connectivity index (χ0) is 21.0. The van der Waals surface area contributed by atoms with Crippen molar-refractivity contribution in [3.8, 4) is 0 Å². The topological polar surface area (TPSA) is 102 Å². The minimum absolute atomic E-state index is 0.0521. The fraction of sp³-hybridized carbons (Fsp3) is 0.350. The number of aromatic nitrogens is 4. The highest BCUT2D eigenvalue weighted by atomic mass is 19.1. The molecule has 10 heteroatoms. The van der Waals surface area contributed by atoms with Crippen molar-refractivity contribution in [1.29, 1.82) is 0 Å². The van der Waals surface area contributed by atoms with Gasteiger partial charge in [-0.3, -0.25) is 14.7 Å². The standard InChI is InChI=1S/C20H19FN6O3/c1-20(2)5-3-14-12(7-11(21)8-22-14)15-10-30-19(29)27(15)16-4-6-26-17(24-16)13(9-23-26)18(28)25-20/h4,6-9,15H,3,5,10H2,1-2H3,(H,25,28)/t15-/m1/s1. The molecule has 9 nitrogen and oxygen atoms in total. The number of hydrogen-bond acceptors (Lipinski definition) is 6. The number of anilines is 1. The minimum Gasteiger partial charge on any atom is -0.447 e. The first-order valence-electron chi connectivity index (χ1n) is 9.60. The molecule has 30 heavy (non-hydrogen) atoms. The molecule has 1 saturated heterocycles. The number of amides is 2. The summed E-state index contributed by atoms with van der Waals surface area (Å²) in [7, 11) is 0. The molecular weight excluding hydrogens is 391 g/mol. The molecule has 0 radical (unpaired) electrons. The summed E-state index contributed by atoms with van der Waals surface area (Å²) < 4.78 is 20.9. The van der Waals surface area contributed by atoms with Crippen LogP contribution in [-0.2, 0) is 11.2 Å². The van der Waals surface area contributed by atoms with Crippen molar-refractivity contribution in [2.45, 2.75) is 38.3 Å². The van der Waals surface area contributed by atoms with Crippen LogP contribution >= 0.6 is 0 Å². The van der Waals surface area contributed by atoms with Crippen LogP contribution in [0.1, 0.15) is 47.9 Å². The van der Waals surface area contributed by atoms with Gasteiger partial charge in [0.05, 0.1) is 12.4 Å². The number of hydrogen-bond donors (Lipinski definition) is 1. The third-order valence-corrected chi connectivity index (χ3v) is 5.49. The molecule has 0 spiro atoms. The van der Waals surface area contributed by atoms with Gasteiger partial charge in [0.15, 0.2) is 5.65 Å². The van der Waals surface area contributed by atoms with Crippen molar-refractivity contribution < 1.29 is 18.7 Å². The van der Waals surface area contributed by atoms with Crippen molar-refractivity contribution in [1.82, 2.24) is 24.9 Å². The van der Waals surface area contributed by atoms with Crippen LogP contribution in [0.25, 0.3) is 5.65 Å². The maximum Gasteiger partial charge on any atom is 0.416 e. The van der Waals surface area contributed by atoms with Crippen molar-refractivity contribution >= 4 is 23.5 Å². The lowest BCUT2D eigenvalue weighted by molar-refractivity contribution is 0.0910. The Morgan fingerprint density at radius 2 is 2.13 bits per heavy atom. The Morgan fingerprint density at radius 1 is 1.30 bits per heavy atom. The number of carbonyl (C=O) groups is 2. The summed E-state index contributed by atoms with van der Waals surface area (Å²) >= 11 is 0. The number of nitrogens with zero attached hydrogens (tertiary/aromatic N) is 5. The van der Waals surface area contributed by atoms with E-state index in [1.165, 1.54) is 21.7 Å². The lowest BCUT2D eigenvalue weighted by Gasteiger charge is -2.27. The zero-order valence-corrected chi connectivity index (χ0v) is 16.4. The minimum atomic E-state index is -0.590. The van der Waals surface area contributed by atoms with Crippen LogP contribution in [0, 0.1) is 5.82 Å². The van der Waals surface area contributed by atoms with Gasteiger partial charge in [-0.15, -0.1) is 0 Å². The third kappa shape index (κ3) is 2.95. The van der Waals surface area contributed by atoms with Gasteiger partial charge in [-0.05, 0) is 38.8 Å². The quantitative estimate of drug-likeness (QED) is 0.611. The summed E-state index contributed by atoms with van der Waals surface area (Å²) in [6, 6.07) is 2.41. The summed E-state index contributed by atoms with van der Waals surface area (Å²) in [5.74, 6) is -0.517. The van der Waals surface area contributed by atoms with Gasteiger partial charge in [-0.2, -0.15) is 5.10 Å². The van der Waals surface area contributed by atoms with Crippen molar-refractivity contribution in [2.24, 2.45) is 0 Å². The van der Waals surface area contributed by atoms with Crippen LogP contribution in [0.2, 0.25) is 0 Å². The van der Waals surface area contributed by atoms with E-state index in [1.807, 2.05) is 13.8 Å². The predicted molar refractivity (Wildman–Crippen MR) is 104 cm³/mol. The molecule has 2 bridgehead atoms. The second-order valence-corrected chi connectivity index (χ2v) is 8.10. The molecule has 1 N–H and O–H groups in total. The van der Waals surface area contributed by atoms with Crippen molar-refractivity contribution in [3.63, 3.8) is 0 Å². The van der Waals surface area contributed by atoms with Gasteiger partial charge in [0.1, 0.15) is 29.8 Å². The van der Waals surface area contributed by atoms with E-state index in [2.05, 4.69) is 20.4 Å². The van der Waals surface area contributed by atoms with Gasteiger partial charge in [-0.1, -0.05) is 0 Å². The number of pyridine rings is 1. The van der Waals surface area contributed by atoms with Crippen molar-refractivity contribution in [3.05, 3.63) is 53.4 Å². The van der Waals surface area contributed by atoms with Gasteiger partial charge in [0.2, 0.25) is 0 Å². The van der Waals surface area contributed by atoms with E-state index in [4.69, 9.17) is 4.74 Å². The second kappa shape index (κ2) is 6.48. The first kappa shape index (κ1) is 18.5. The monoisotopic (exact) mass is 410 g/mol. The fourth-order valence-corrected chi connectivity index (χ4v) is 3.91. The van der Waals surface area contributed by atoms with E-state index in [9.17, 15) is 14.0 Å². The zero-order valence-electron chi connectivity index (χ0n) is 16.4. The maximum absolute atomic E-state index is 14.1. The normalized spacial score (nSPS) is 20.6. The van der Waals surface area contributed by atoms with Crippen LogP contribution in [0.4, 0.5) is 15.0 Å². The lowest BCUT2D eigenvalue weighted by atomic mass is 9.93. The molecule has 0 unspecified atom stereocenters. The van der Waals surface area contributed by atoms with Crippen LogP contribution in [0.15, 0.2) is 30.7 Å². The number of cyclic esters (lactones) is 1. The molecule has 1 fully saturated rings. The summed E-state index contributed by atoms with van der Waals surface area (Å²) in [6.45, 7) is 3.87. The highest BCUT2D eigenvalue weighted by Gasteiger charge is 2.39. The molecule has 0 aromatic carbocycles. The predicted octanol–water partition coefficient (Wildman–Crippen LogP) is 2.42. The molecule has 0 saturated carbocycles. The van der Waals surface area contributed by atoms with Gasteiger partial charge >= 0.3 is 6.09 Å². The van der Waals surface area contributed by atoms with Crippen LogP contribution in [0.5, 0.6) is 0 Å². The molecule has 3 aromatic rings. The Kier molecular flexibility index (Phi) is 3.99. The molecule has 2 amide bonds. The molecule has 2 aliphatic rings. The van der Waals surface area contributed by atoms with Crippen LogP contribution < -0.4 is 10.2 Å².